The van der Waals surface area contributed by atoms with Crippen LogP contribution in [0, 0.1) is 5.92 Å². The van der Waals surface area contributed by atoms with Crippen LogP contribution in [0.4, 0.5) is 0 Å². The van der Waals surface area contributed by atoms with Crippen molar-refractivity contribution in [2.75, 3.05) is 6.61 Å². The first-order chi connectivity index (χ1) is 7.36. The third-order valence-corrected chi connectivity index (χ3v) is 4.10. The largest absolute Gasteiger partial charge is 0.378 e. The van der Waals surface area contributed by atoms with E-state index in [4.69, 9.17) is 10.5 Å². The second-order valence-corrected chi connectivity index (χ2v) is 5.27. The van der Waals surface area contributed by atoms with Gasteiger partial charge in [0.15, 0.2) is 0 Å². The van der Waals surface area contributed by atoms with Gasteiger partial charge in [0.2, 0.25) is 0 Å². The number of hydrogen-bond acceptors (Lipinski definition) is 2. The lowest BCUT2D eigenvalue weighted by Crippen LogP contribution is -2.29. The fourth-order valence-corrected chi connectivity index (χ4v) is 3.04. The van der Waals surface area contributed by atoms with Gasteiger partial charge < -0.3 is 10.5 Å². The van der Waals surface area contributed by atoms with Crippen LogP contribution >= 0.6 is 0 Å². The first-order valence-electron chi connectivity index (χ1n) is 6.73. The summed E-state index contributed by atoms with van der Waals surface area (Å²) in [5, 5.41) is 0. The molecule has 1 saturated heterocycles. The van der Waals surface area contributed by atoms with Crippen molar-refractivity contribution < 1.29 is 4.74 Å². The second-order valence-electron chi connectivity index (χ2n) is 5.27. The molecule has 0 aromatic rings. The van der Waals surface area contributed by atoms with Crippen molar-refractivity contribution in [3.63, 3.8) is 0 Å². The first-order valence-corrected chi connectivity index (χ1v) is 6.73. The van der Waals surface area contributed by atoms with Crippen molar-refractivity contribution in [3.8, 4) is 0 Å². The van der Waals surface area contributed by atoms with Crippen LogP contribution in [0.1, 0.15) is 57.8 Å². The average Bonchev–Trinajstić information content (AvgIpc) is 2.67. The standard InChI is InChI=1S/C13H25NO/c14-13-7-3-1-2-5-11(13)8-9-12-6-4-10-15-12/h11-13H,1-10,14H2. The highest BCUT2D eigenvalue weighted by molar-refractivity contribution is 4.78. The molecule has 1 aliphatic heterocycles. The minimum Gasteiger partial charge on any atom is -0.378 e. The van der Waals surface area contributed by atoms with Crippen LogP contribution in [0.3, 0.4) is 0 Å². The molecule has 15 heavy (non-hydrogen) atoms. The van der Waals surface area contributed by atoms with Gasteiger partial charge in [0.05, 0.1) is 6.10 Å². The van der Waals surface area contributed by atoms with Gasteiger partial charge >= 0.3 is 0 Å². The molecule has 2 N–H and O–H groups in total. The van der Waals surface area contributed by atoms with Gasteiger partial charge in [-0.1, -0.05) is 19.3 Å². The van der Waals surface area contributed by atoms with Gasteiger partial charge in [-0.2, -0.15) is 0 Å². The Morgan fingerprint density at radius 1 is 0.933 bits per heavy atom. The van der Waals surface area contributed by atoms with Crippen LogP contribution in [-0.2, 0) is 4.74 Å². The number of nitrogens with two attached hydrogens (primary N) is 1. The predicted octanol–water partition coefficient (Wildman–Crippen LogP) is 2.85. The summed E-state index contributed by atoms with van der Waals surface area (Å²) in [7, 11) is 0. The third kappa shape index (κ3) is 3.46. The Morgan fingerprint density at radius 2 is 1.80 bits per heavy atom. The molecular weight excluding hydrogens is 186 g/mol. The zero-order valence-electron chi connectivity index (χ0n) is 9.79. The van der Waals surface area contributed by atoms with Gasteiger partial charge in [0.1, 0.15) is 0 Å². The molecule has 0 amide bonds. The summed E-state index contributed by atoms with van der Waals surface area (Å²) in [6.07, 6.45) is 12.4. The molecule has 1 heterocycles. The van der Waals surface area contributed by atoms with E-state index < -0.39 is 0 Å². The Balaban J connectivity index is 1.71. The lowest BCUT2D eigenvalue weighted by atomic mass is 9.89. The van der Waals surface area contributed by atoms with E-state index in [2.05, 4.69) is 0 Å². The zero-order valence-corrected chi connectivity index (χ0v) is 9.79. The average molecular weight is 211 g/mol. The van der Waals surface area contributed by atoms with Gasteiger partial charge in [-0.3, -0.25) is 0 Å². The quantitative estimate of drug-likeness (QED) is 0.729. The molecule has 88 valence electrons. The van der Waals surface area contributed by atoms with E-state index >= 15 is 0 Å². The minimum atomic E-state index is 0.467. The molecule has 3 atom stereocenters. The van der Waals surface area contributed by atoms with E-state index in [1.54, 1.807) is 0 Å². The van der Waals surface area contributed by atoms with Crippen molar-refractivity contribution in [3.05, 3.63) is 0 Å². The van der Waals surface area contributed by atoms with E-state index in [9.17, 15) is 0 Å². The Bertz CT molecular complexity index is 177. The Kier molecular flexibility index (Phi) is 4.45. The number of ether oxygens (including phenoxy) is 1. The molecule has 1 saturated carbocycles. The third-order valence-electron chi connectivity index (χ3n) is 4.10. The topological polar surface area (TPSA) is 35.2 Å². The lowest BCUT2D eigenvalue weighted by Gasteiger charge is -2.22. The van der Waals surface area contributed by atoms with E-state index in [-0.39, 0.29) is 0 Å². The summed E-state index contributed by atoms with van der Waals surface area (Å²) < 4.78 is 5.67. The molecule has 2 nitrogen and oxygen atoms in total. The van der Waals surface area contributed by atoms with Gasteiger partial charge in [0.25, 0.3) is 0 Å². The summed E-state index contributed by atoms with van der Waals surface area (Å²) in [6.45, 7) is 0.987. The molecule has 2 rings (SSSR count). The maximum atomic E-state index is 6.22. The fraction of sp³-hybridized carbons (Fsp3) is 1.00. The zero-order chi connectivity index (χ0) is 10.5. The number of hydrogen-bond donors (Lipinski definition) is 1. The summed E-state index contributed by atoms with van der Waals surface area (Å²) in [5.41, 5.74) is 6.22. The summed E-state index contributed by atoms with van der Waals surface area (Å²) in [5.74, 6) is 0.775. The highest BCUT2D eigenvalue weighted by Gasteiger charge is 2.23. The molecule has 0 aromatic carbocycles. The van der Waals surface area contributed by atoms with Crippen molar-refractivity contribution in [1.82, 2.24) is 0 Å². The lowest BCUT2D eigenvalue weighted by molar-refractivity contribution is 0.0962. The molecule has 2 aliphatic rings. The summed E-state index contributed by atoms with van der Waals surface area (Å²) in [6, 6.07) is 0.467. The Hall–Kier alpha value is -0.0800. The molecule has 0 bridgehead atoms. The van der Waals surface area contributed by atoms with Crippen molar-refractivity contribution in [1.29, 1.82) is 0 Å². The molecule has 2 heteroatoms. The molecule has 0 aromatic heterocycles. The van der Waals surface area contributed by atoms with Gasteiger partial charge in [-0.15, -0.1) is 0 Å². The number of rotatable bonds is 3. The van der Waals surface area contributed by atoms with Crippen molar-refractivity contribution >= 4 is 0 Å². The maximum absolute atomic E-state index is 6.22. The van der Waals surface area contributed by atoms with E-state index in [0.29, 0.717) is 12.1 Å². The smallest absolute Gasteiger partial charge is 0.0576 e. The van der Waals surface area contributed by atoms with E-state index in [1.165, 1.54) is 57.8 Å². The molecular formula is C13H25NO. The van der Waals surface area contributed by atoms with Crippen LogP contribution in [0.5, 0.6) is 0 Å². The molecule has 2 fully saturated rings. The predicted molar refractivity (Wildman–Crippen MR) is 62.8 cm³/mol. The van der Waals surface area contributed by atoms with E-state index in [1.807, 2.05) is 0 Å². The minimum absolute atomic E-state index is 0.467. The Morgan fingerprint density at radius 3 is 2.60 bits per heavy atom. The monoisotopic (exact) mass is 211 g/mol. The van der Waals surface area contributed by atoms with Gasteiger partial charge in [0, 0.05) is 12.6 Å². The van der Waals surface area contributed by atoms with Crippen molar-refractivity contribution in [2.45, 2.75) is 69.9 Å². The highest BCUT2D eigenvalue weighted by atomic mass is 16.5. The molecule has 1 aliphatic carbocycles. The molecule has 0 spiro atoms. The normalized spacial score (nSPS) is 37.8. The summed E-state index contributed by atoms with van der Waals surface area (Å²) in [4.78, 5) is 0. The SMILES string of the molecule is NC1CCCCCC1CCC1CCCO1. The Labute approximate surface area is 93.6 Å². The van der Waals surface area contributed by atoms with Crippen LogP contribution in [0.2, 0.25) is 0 Å². The van der Waals surface area contributed by atoms with Crippen molar-refractivity contribution in [2.24, 2.45) is 11.7 Å². The first kappa shape index (κ1) is 11.4. The van der Waals surface area contributed by atoms with E-state index in [0.717, 1.165) is 12.5 Å². The summed E-state index contributed by atoms with van der Waals surface area (Å²) >= 11 is 0. The second kappa shape index (κ2) is 5.86. The maximum Gasteiger partial charge on any atom is 0.0576 e. The van der Waals surface area contributed by atoms with Crippen LogP contribution in [0.15, 0.2) is 0 Å². The van der Waals surface area contributed by atoms with Crippen LogP contribution in [0.25, 0.3) is 0 Å². The molecule has 3 unspecified atom stereocenters. The highest BCUT2D eigenvalue weighted by Crippen LogP contribution is 2.28. The molecule has 0 radical (unpaired) electrons. The fourth-order valence-electron chi connectivity index (χ4n) is 3.04. The van der Waals surface area contributed by atoms with Crippen LogP contribution in [-0.4, -0.2) is 18.8 Å². The van der Waals surface area contributed by atoms with Gasteiger partial charge in [-0.05, 0) is 44.4 Å². The van der Waals surface area contributed by atoms with Crippen LogP contribution < -0.4 is 5.73 Å². The van der Waals surface area contributed by atoms with Gasteiger partial charge in [-0.25, -0.2) is 0 Å².